The standard InChI is InChI=1S/C11H11NO2/c1-7(13)8-3-4-10(14-2)11-9(8)5-6-12-11/h3-6,12H,1-2H3. The second-order valence-electron chi connectivity index (χ2n) is 3.14. The first kappa shape index (κ1) is 8.81. The minimum Gasteiger partial charge on any atom is -0.495 e. The van der Waals surface area contributed by atoms with Crippen LogP contribution in [0.3, 0.4) is 0 Å². The van der Waals surface area contributed by atoms with Crippen LogP contribution in [0.15, 0.2) is 24.4 Å². The molecule has 0 aliphatic heterocycles. The zero-order chi connectivity index (χ0) is 10.1. The molecule has 2 aromatic rings. The van der Waals surface area contributed by atoms with Crippen LogP contribution < -0.4 is 4.74 Å². The molecule has 0 radical (unpaired) electrons. The van der Waals surface area contributed by atoms with Crippen LogP contribution in [0.2, 0.25) is 0 Å². The van der Waals surface area contributed by atoms with Crippen molar-refractivity contribution in [2.75, 3.05) is 7.11 Å². The van der Waals surface area contributed by atoms with Crippen molar-refractivity contribution in [3.63, 3.8) is 0 Å². The molecule has 72 valence electrons. The van der Waals surface area contributed by atoms with E-state index in [9.17, 15) is 4.79 Å². The average Bonchev–Trinajstić information content (AvgIpc) is 2.64. The number of rotatable bonds is 2. The Balaban J connectivity index is 2.78. The van der Waals surface area contributed by atoms with E-state index in [4.69, 9.17) is 4.74 Å². The number of benzene rings is 1. The fourth-order valence-corrected chi connectivity index (χ4v) is 1.61. The van der Waals surface area contributed by atoms with Gasteiger partial charge in [-0.1, -0.05) is 0 Å². The van der Waals surface area contributed by atoms with Crippen molar-refractivity contribution in [2.45, 2.75) is 6.92 Å². The number of carbonyl (C=O) groups is 1. The van der Waals surface area contributed by atoms with Crippen LogP contribution in [0.1, 0.15) is 17.3 Å². The number of methoxy groups -OCH3 is 1. The van der Waals surface area contributed by atoms with Gasteiger partial charge in [0.1, 0.15) is 5.75 Å². The van der Waals surface area contributed by atoms with E-state index in [1.54, 1.807) is 32.4 Å². The van der Waals surface area contributed by atoms with Gasteiger partial charge >= 0.3 is 0 Å². The van der Waals surface area contributed by atoms with E-state index in [2.05, 4.69) is 4.98 Å². The summed E-state index contributed by atoms with van der Waals surface area (Å²) in [7, 11) is 1.61. The van der Waals surface area contributed by atoms with Gasteiger partial charge in [-0.25, -0.2) is 0 Å². The molecule has 0 fully saturated rings. The van der Waals surface area contributed by atoms with Crippen LogP contribution in [0, 0.1) is 0 Å². The largest absolute Gasteiger partial charge is 0.495 e. The molecule has 1 heterocycles. The van der Waals surface area contributed by atoms with Gasteiger partial charge in [-0.2, -0.15) is 0 Å². The van der Waals surface area contributed by atoms with Crippen molar-refractivity contribution < 1.29 is 9.53 Å². The topological polar surface area (TPSA) is 42.1 Å². The Morgan fingerprint density at radius 1 is 1.36 bits per heavy atom. The number of hydrogen-bond donors (Lipinski definition) is 1. The molecule has 0 aliphatic carbocycles. The molecule has 3 nitrogen and oxygen atoms in total. The van der Waals surface area contributed by atoms with E-state index >= 15 is 0 Å². The van der Waals surface area contributed by atoms with Crippen molar-refractivity contribution in [1.82, 2.24) is 4.98 Å². The first-order valence-electron chi connectivity index (χ1n) is 4.39. The Bertz CT molecular complexity index is 485. The van der Waals surface area contributed by atoms with Gasteiger partial charge in [0.05, 0.1) is 12.6 Å². The SMILES string of the molecule is COc1ccc(C(C)=O)c2cc[nH]c12. The first-order valence-corrected chi connectivity index (χ1v) is 4.39. The molecule has 0 amide bonds. The molecule has 1 N–H and O–H groups in total. The van der Waals surface area contributed by atoms with Gasteiger partial charge in [-0.3, -0.25) is 4.79 Å². The summed E-state index contributed by atoms with van der Waals surface area (Å²) in [5.41, 5.74) is 1.60. The lowest BCUT2D eigenvalue weighted by atomic mass is 10.1. The van der Waals surface area contributed by atoms with Crippen LogP contribution >= 0.6 is 0 Å². The number of H-pyrrole nitrogens is 1. The molecule has 0 aliphatic rings. The maximum atomic E-state index is 11.3. The number of fused-ring (bicyclic) bond motifs is 1. The lowest BCUT2D eigenvalue weighted by Crippen LogP contribution is -1.94. The summed E-state index contributed by atoms with van der Waals surface area (Å²) in [5.74, 6) is 0.826. The molecule has 1 aromatic heterocycles. The van der Waals surface area contributed by atoms with E-state index in [-0.39, 0.29) is 5.78 Å². The molecule has 0 atom stereocenters. The number of ketones is 1. The number of nitrogens with one attached hydrogen (secondary N) is 1. The number of hydrogen-bond acceptors (Lipinski definition) is 2. The second kappa shape index (κ2) is 3.18. The van der Waals surface area contributed by atoms with Gasteiger partial charge in [0.25, 0.3) is 0 Å². The van der Waals surface area contributed by atoms with Crippen LogP contribution in [0.25, 0.3) is 10.9 Å². The molecule has 0 saturated heterocycles. The number of Topliss-reactive ketones (excluding diaryl/α,β-unsaturated/α-hetero) is 1. The van der Waals surface area contributed by atoms with E-state index in [1.807, 2.05) is 6.07 Å². The normalized spacial score (nSPS) is 10.4. The summed E-state index contributed by atoms with van der Waals surface area (Å²) in [4.78, 5) is 14.4. The maximum Gasteiger partial charge on any atom is 0.160 e. The Morgan fingerprint density at radius 2 is 2.14 bits per heavy atom. The minimum absolute atomic E-state index is 0.0669. The number of ether oxygens (including phenoxy) is 1. The Kier molecular flexibility index (Phi) is 2.00. The van der Waals surface area contributed by atoms with Gasteiger partial charge in [0.15, 0.2) is 5.78 Å². The number of carbonyl (C=O) groups excluding carboxylic acids is 1. The molecule has 0 spiro atoms. The van der Waals surface area contributed by atoms with Crippen molar-refractivity contribution in [2.24, 2.45) is 0 Å². The third kappa shape index (κ3) is 1.18. The Morgan fingerprint density at radius 3 is 2.79 bits per heavy atom. The van der Waals surface area contributed by atoms with Crippen LogP contribution in [0.4, 0.5) is 0 Å². The number of aromatic nitrogens is 1. The summed E-state index contributed by atoms with van der Waals surface area (Å²) in [6, 6.07) is 5.47. The van der Waals surface area contributed by atoms with Crippen molar-refractivity contribution in [1.29, 1.82) is 0 Å². The molecule has 0 bridgehead atoms. The van der Waals surface area contributed by atoms with E-state index < -0.39 is 0 Å². The van der Waals surface area contributed by atoms with Crippen molar-refractivity contribution in [3.05, 3.63) is 30.0 Å². The quantitative estimate of drug-likeness (QED) is 0.737. The summed E-state index contributed by atoms with van der Waals surface area (Å²) in [6.07, 6.45) is 1.81. The second-order valence-corrected chi connectivity index (χ2v) is 3.14. The first-order chi connectivity index (χ1) is 6.74. The fourth-order valence-electron chi connectivity index (χ4n) is 1.61. The molecule has 1 aromatic carbocycles. The average molecular weight is 189 g/mol. The summed E-state index contributed by atoms with van der Waals surface area (Å²) < 4.78 is 5.18. The zero-order valence-electron chi connectivity index (χ0n) is 8.13. The van der Waals surface area contributed by atoms with E-state index in [0.717, 1.165) is 22.2 Å². The van der Waals surface area contributed by atoms with Crippen LogP contribution in [0.5, 0.6) is 5.75 Å². The van der Waals surface area contributed by atoms with E-state index in [0.29, 0.717) is 0 Å². The highest BCUT2D eigenvalue weighted by Crippen LogP contribution is 2.27. The summed E-state index contributed by atoms with van der Waals surface area (Å²) >= 11 is 0. The van der Waals surface area contributed by atoms with Gasteiger partial charge in [-0.05, 0) is 25.1 Å². The monoisotopic (exact) mass is 189 g/mol. The summed E-state index contributed by atoms with van der Waals surface area (Å²) in [6.45, 7) is 1.56. The smallest absolute Gasteiger partial charge is 0.160 e. The fraction of sp³-hybridized carbons (Fsp3) is 0.182. The molecule has 3 heteroatoms. The van der Waals surface area contributed by atoms with Gasteiger partial charge in [0, 0.05) is 17.1 Å². The molecule has 0 unspecified atom stereocenters. The highest BCUT2D eigenvalue weighted by Gasteiger charge is 2.09. The molecule has 14 heavy (non-hydrogen) atoms. The minimum atomic E-state index is 0.0669. The molecule has 0 saturated carbocycles. The third-order valence-corrected chi connectivity index (χ3v) is 2.28. The molecular weight excluding hydrogens is 178 g/mol. The predicted octanol–water partition coefficient (Wildman–Crippen LogP) is 2.38. The lowest BCUT2D eigenvalue weighted by molar-refractivity contribution is 0.101. The van der Waals surface area contributed by atoms with E-state index in [1.165, 1.54) is 0 Å². The zero-order valence-corrected chi connectivity index (χ0v) is 8.13. The highest BCUT2D eigenvalue weighted by molar-refractivity contribution is 6.07. The van der Waals surface area contributed by atoms with Gasteiger partial charge < -0.3 is 9.72 Å². The maximum absolute atomic E-state index is 11.3. The van der Waals surface area contributed by atoms with Crippen LogP contribution in [-0.2, 0) is 0 Å². The molecular formula is C11H11NO2. The van der Waals surface area contributed by atoms with Crippen LogP contribution in [-0.4, -0.2) is 17.9 Å². The molecule has 2 rings (SSSR count). The lowest BCUT2D eigenvalue weighted by Gasteiger charge is -2.04. The predicted molar refractivity (Wildman–Crippen MR) is 54.9 cm³/mol. The van der Waals surface area contributed by atoms with Crippen molar-refractivity contribution >= 4 is 16.7 Å². The number of aromatic amines is 1. The summed E-state index contributed by atoms with van der Waals surface area (Å²) in [5, 5.41) is 0.914. The third-order valence-electron chi connectivity index (χ3n) is 2.28. The van der Waals surface area contributed by atoms with Gasteiger partial charge in [0.2, 0.25) is 0 Å². The highest BCUT2D eigenvalue weighted by atomic mass is 16.5. The van der Waals surface area contributed by atoms with Crippen molar-refractivity contribution in [3.8, 4) is 5.75 Å². The Hall–Kier alpha value is -1.77. The Labute approximate surface area is 81.7 Å². The van der Waals surface area contributed by atoms with Gasteiger partial charge in [-0.15, -0.1) is 0 Å².